The van der Waals surface area contributed by atoms with Crippen molar-refractivity contribution >= 4 is 28.6 Å². The van der Waals surface area contributed by atoms with Crippen LogP contribution in [0.15, 0.2) is 80.8 Å². The van der Waals surface area contributed by atoms with E-state index in [4.69, 9.17) is 9.56 Å². The first kappa shape index (κ1) is 20.3. The van der Waals surface area contributed by atoms with Crippen molar-refractivity contribution in [3.05, 3.63) is 93.6 Å². The number of aryl methyl sites for hydroxylation is 1. The summed E-state index contributed by atoms with van der Waals surface area (Å²) in [5, 5.41) is 9.95. The first-order valence-corrected chi connectivity index (χ1v) is 10.7. The first-order valence-electron chi connectivity index (χ1n) is 9.85. The monoisotopic (exact) mass is 416 g/mol. The average molecular weight is 417 g/mol. The van der Waals surface area contributed by atoms with Gasteiger partial charge in [0.1, 0.15) is 11.3 Å². The van der Waals surface area contributed by atoms with E-state index in [1.165, 1.54) is 11.9 Å². The molecule has 3 N–H and O–H groups in total. The molecule has 0 aliphatic rings. The summed E-state index contributed by atoms with van der Waals surface area (Å²) >= 11 is 1.21. The Morgan fingerprint density at radius 3 is 2.43 bits per heavy atom. The molecule has 4 rings (SSSR count). The molecule has 1 unspecified atom stereocenters. The highest BCUT2D eigenvalue weighted by atomic mass is 32.2. The lowest BCUT2D eigenvalue weighted by molar-refractivity contribution is 0.605. The van der Waals surface area contributed by atoms with Gasteiger partial charge >= 0.3 is 0 Å². The Morgan fingerprint density at radius 1 is 1.00 bits per heavy atom. The van der Waals surface area contributed by atoms with Gasteiger partial charge in [-0.2, -0.15) is 0 Å². The Kier molecular flexibility index (Phi) is 5.66. The number of hydrogen-bond acceptors (Lipinski definition) is 5. The van der Waals surface area contributed by atoms with Gasteiger partial charge in [-0.15, -0.1) is 0 Å². The summed E-state index contributed by atoms with van der Waals surface area (Å²) in [6.45, 7) is 5.89. The fourth-order valence-electron chi connectivity index (χ4n) is 3.75. The quantitative estimate of drug-likeness (QED) is 0.378. The van der Waals surface area contributed by atoms with Crippen LogP contribution >= 0.6 is 11.9 Å². The fraction of sp³-hybridized carbons (Fsp3) is 0.160. The number of para-hydroxylation sites is 1. The van der Waals surface area contributed by atoms with E-state index in [9.17, 15) is 4.79 Å². The van der Waals surface area contributed by atoms with Crippen molar-refractivity contribution in [2.24, 2.45) is 5.14 Å². The van der Waals surface area contributed by atoms with Crippen molar-refractivity contribution in [1.82, 2.24) is 0 Å². The number of benzene rings is 3. The molecule has 0 bridgehead atoms. The normalized spacial score (nSPS) is 12.1. The number of anilines is 1. The van der Waals surface area contributed by atoms with Crippen LogP contribution in [0.3, 0.4) is 0 Å². The maximum Gasteiger partial charge on any atom is 0.196 e. The topological polar surface area (TPSA) is 68.3 Å². The predicted octanol–water partition coefficient (Wildman–Crippen LogP) is 6.22. The highest BCUT2D eigenvalue weighted by Gasteiger charge is 2.19. The third kappa shape index (κ3) is 3.74. The molecule has 152 valence electrons. The van der Waals surface area contributed by atoms with E-state index in [2.05, 4.69) is 18.3 Å². The SMILES string of the molecule is Cc1cc(C(C)Nc2ccccc2SN)c2oc(-c3ccccc3)c(C)c(=O)c2c1. The molecule has 0 saturated carbocycles. The van der Waals surface area contributed by atoms with Crippen molar-refractivity contribution in [1.29, 1.82) is 0 Å². The van der Waals surface area contributed by atoms with Crippen molar-refractivity contribution < 1.29 is 4.42 Å². The molecule has 1 atom stereocenters. The number of nitrogens with two attached hydrogens (primary N) is 1. The second-order valence-electron chi connectivity index (χ2n) is 7.46. The van der Waals surface area contributed by atoms with Crippen LogP contribution in [0.5, 0.6) is 0 Å². The summed E-state index contributed by atoms with van der Waals surface area (Å²) in [5.41, 5.74) is 5.05. The second-order valence-corrected chi connectivity index (χ2v) is 8.14. The van der Waals surface area contributed by atoms with Crippen LogP contribution < -0.4 is 15.9 Å². The van der Waals surface area contributed by atoms with Gasteiger partial charge in [-0.3, -0.25) is 9.93 Å². The number of hydrogen-bond donors (Lipinski definition) is 2. The molecule has 0 saturated heterocycles. The number of nitrogens with one attached hydrogen (secondary N) is 1. The maximum absolute atomic E-state index is 13.2. The minimum atomic E-state index is -0.0878. The molecule has 5 heteroatoms. The van der Waals surface area contributed by atoms with Gasteiger partial charge in [0, 0.05) is 27.3 Å². The molecule has 0 aliphatic carbocycles. The maximum atomic E-state index is 13.2. The molecular formula is C25H24N2O2S. The van der Waals surface area contributed by atoms with E-state index in [1.807, 2.05) is 74.5 Å². The molecule has 4 nitrogen and oxygen atoms in total. The van der Waals surface area contributed by atoms with Crippen LogP contribution in [0.4, 0.5) is 5.69 Å². The minimum absolute atomic E-state index is 0.00478. The van der Waals surface area contributed by atoms with Gasteiger partial charge in [0.05, 0.1) is 11.4 Å². The molecule has 0 radical (unpaired) electrons. The molecule has 4 aromatic rings. The third-order valence-corrected chi connectivity index (χ3v) is 5.89. The fourth-order valence-corrected chi connectivity index (χ4v) is 4.16. The lowest BCUT2D eigenvalue weighted by atomic mass is 9.99. The summed E-state index contributed by atoms with van der Waals surface area (Å²) in [7, 11) is 0. The molecule has 0 fully saturated rings. The van der Waals surface area contributed by atoms with Crippen molar-refractivity contribution in [3.8, 4) is 11.3 Å². The lowest BCUT2D eigenvalue weighted by Gasteiger charge is -2.20. The summed E-state index contributed by atoms with van der Waals surface area (Å²) in [6.07, 6.45) is 0. The van der Waals surface area contributed by atoms with Crippen LogP contribution in [0.1, 0.15) is 29.7 Å². The Bertz CT molecular complexity index is 1270. The summed E-state index contributed by atoms with van der Waals surface area (Å²) < 4.78 is 6.39. The Labute approximate surface area is 180 Å². The van der Waals surface area contributed by atoms with Crippen LogP contribution in [-0.4, -0.2) is 0 Å². The molecule has 3 aromatic carbocycles. The van der Waals surface area contributed by atoms with Gasteiger partial charge in [-0.25, -0.2) is 0 Å². The van der Waals surface area contributed by atoms with Gasteiger partial charge in [-0.1, -0.05) is 48.5 Å². The number of fused-ring (bicyclic) bond motifs is 1. The average Bonchev–Trinajstić information content (AvgIpc) is 2.77. The largest absolute Gasteiger partial charge is 0.455 e. The van der Waals surface area contributed by atoms with Crippen LogP contribution in [0.25, 0.3) is 22.3 Å². The van der Waals surface area contributed by atoms with Crippen LogP contribution in [0.2, 0.25) is 0 Å². The standard InChI is InChI=1S/C25H24N2O2S/c1-15-13-19(17(3)27-21-11-7-8-12-22(21)30-26)25-20(14-15)23(28)16(2)24(29-25)18-9-5-4-6-10-18/h4-14,17,27H,26H2,1-3H3. The van der Waals surface area contributed by atoms with Gasteiger partial charge in [0.2, 0.25) is 0 Å². The van der Waals surface area contributed by atoms with Crippen molar-refractivity contribution in [2.45, 2.75) is 31.7 Å². The zero-order valence-corrected chi connectivity index (χ0v) is 18.0. The Hall–Kier alpha value is -3.02. The van der Waals surface area contributed by atoms with E-state index in [-0.39, 0.29) is 11.5 Å². The predicted molar refractivity (Wildman–Crippen MR) is 126 cm³/mol. The molecular weight excluding hydrogens is 392 g/mol. The van der Waals surface area contributed by atoms with Crippen LogP contribution in [0, 0.1) is 13.8 Å². The van der Waals surface area contributed by atoms with Gasteiger partial charge in [0.25, 0.3) is 0 Å². The van der Waals surface area contributed by atoms with E-state index in [0.717, 1.165) is 27.3 Å². The molecule has 30 heavy (non-hydrogen) atoms. The number of rotatable bonds is 5. The van der Waals surface area contributed by atoms with Crippen molar-refractivity contribution in [2.75, 3.05) is 5.32 Å². The van der Waals surface area contributed by atoms with Gasteiger partial charge in [0.15, 0.2) is 5.43 Å². The Morgan fingerprint density at radius 2 is 1.70 bits per heavy atom. The van der Waals surface area contributed by atoms with Crippen LogP contribution in [-0.2, 0) is 0 Å². The zero-order chi connectivity index (χ0) is 21.3. The lowest BCUT2D eigenvalue weighted by Crippen LogP contribution is -2.12. The molecule has 0 amide bonds. The van der Waals surface area contributed by atoms with E-state index in [1.54, 1.807) is 0 Å². The van der Waals surface area contributed by atoms with E-state index in [0.29, 0.717) is 22.3 Å². The summed E-state index contributed by atoms with van der Waals surface area (Å²) in [6, 6.07) is 21.6. The minimum Gasteiger partial charge on any atom is -0.455 e. The van der Waals surface area contributed by atoms with Gasteiger partial charge < -0.3 is 9.73 Å². The molecule has 0 spiro atoms. The smallest absolute Gasteiger partial charge is 0.196 e. The molecule has 0 aliphatic heterocycles. The summed E-state index contributed by atoms with van der Waals surface area (Å²) in [5.74, 6) is 0.614. The molecule has 1 heterocycles. The van der Waals surface area contributed by atoms with Crippen molar-refractivity contribution in [3.63, 3.8) is 0 Å². The Balaban J connectivity index is 1.89. The third-order valence-electron chi connectivity index (χ3n) is 5.28. The molecule has 1 aromatic heterocycles. The first-order chi connectivity index (χ1) is 14.5. The zero-order valence-electron chi connectivity index (χ0n) is 17.2. The summed E-state index contributed by atoms with van der Waals surface area (Å²) in [4.78, 5) is 14.2. The highest BCUT2D eigenvalue weighted by Crippen LogP contribution is 2.33. The van der Waals surface area contributed by atoms with E-state index >= 15 is 0 Å². The van der Waals surface area contributed by atoms with E-state index < -0.39 is 0 Å². The van der Waals surface area contributed by atoms with Gasteiger partial charge in [-0.05, 0) is 56.5 Å². The second kappa shape index (κ2) is 8.38. The highest BCUT2D eigenvalue weighted by molar-refractivity contribution is 7.97.